The minimum Gasteiger partial charge on any atom is -0.352 e. The van der Waals surface area contributed by atoms with Gasteiger partial charge in [0.15, 0.2) is 0 Å². The van der Waals surface area contributed by atoms with Gasteiger partial charge in [0.25, 0.3) is 5.56 Å². The van der Waals surface area contributed by atoms with Crippen molar-refractivity contribution < 1.29 is 4.79 Å². The highest BCUT2D eigenvalue weighted by Crippen LogP contribution is 2.22. The van der Waals surface area contributed by atoms with E-state index in [1.54, 1.807) is 39.9 Å². The van der Waals surface area contributed by atoms with Crippen molar-refractivity contribution in [1.82, 2.24) is 24.5 Å². The molecule has 7 nitrogen and oxygen atoms in total. The van der Waals surface area contributed by atoms with Crippen LogP contribution in [0.3, 0.4) is 0 Å². The molecule has 4 rings (SSSR count). The van der Waals surface area contributed by atoms with Crippen molar-refractivity contribution in [3.05, 3.63) is 88.7 Å². The highest BCUT2D eigenvalue weighted by atomic mass is 16.2. The molecule has 1 amide bonds. The number of benzene rings is 1. The fraction of sp³-hybridized carbons (Fsp3) is 0.250. The van der Waals surface area contributed by atoms with Crippen LogP contribution in [-0.4, -0.2) is 25.1 Å². The summed E-state index contributed by atoms with van der Waals surface area (Å²) in [5.41, 5.74) is 4.23. The summed E-state index contributed by atoms with van der Waals surface area (Å²) >= 11 is 0. The molecule has 0 aliphatic rings. The number of pyridine rings is 1. The average molecular weight is 415 g/mol. The van der Waals surface area contributed by atoms with Gasteiger partial charge in [0.05, 0.1) is 5.69 Å². The lowest BCUT2D eigenvalue weighted by Crippen LogP contribution is -2.27. The molecule has 0 atom stereocenters. The molecule has 3 heterocycles. The third-order valence-electron chi connectivity index (χ3n) is 5.27. The number of carbonyl (C=O) groups is 1. The Morgan fingerprint density at radius 2 is 1.94 bits per heavy atom. The maximum atomic E-state index is 12.9. The number of carbonyl (C=O) groups excluding carboxylic acids is 1. The van der Waals surface area contributed by atoms with Crippen LogP contribution < -0.4 is 10.9 Å². The highest BCUT2D eigenvalue weighted by molar-refractivity contribution is 5.75. The number of hydrogen-bond donors (Lipinski definition) is 1. The van der Waals surface area contributed by atoms with E-state index >= 15 is 0 Å². The van der Waals surface area contributed by atoms with Gasteiger partial charge in [-0.15, -0.1) is 0 Å². The number of amides is 1. The van der Waals surface area contributed by atoms with Crippen molar-refractivity contribution in [2.24, 2.45) is 0 Å². The second-order valence-electron chi connectivity index (χ2n) is 7.82. The van der Waals surface area contributed by atoms with E-state index in [0.717, 1.165) is 16.8 Å². The van der Waals surface area contributed by atoms with Gasteiger partial charge in [0, 0.05) is 49.9 Å². The zero-order valence-corrected chi connectivity index (χ0v) is 17.7. The molecule has 0 aliphatic heterocycles. The Bertz CT molecular complexity index is 1240. The van der Waals surface area contributed by atoms with Crippen LogP contribution in [0.4, 0.5) is 0 Å². The lowest BCUT2D eigenvalue weighted by Gasteiger charge is -2.07. The summed E-state index contributed by atoms with van der Waals surface area (Å²) in [5.74, 6) is 0.346. The Morgan fingerprint density at radius 3 is 2.65 bits per heavy atom. The van der Waals surface area contributed by atoms with Crippen LogP contribution in [0.2, 0.25) is 0 Å². The molecule has 4 aromatic rings. The van der Waals surface area contributed by atoms with E-state index in [1.807, 2.05) is 24.3 Å². The van der Waals surface area contributed by atoms with Crippen LogP contribution in [0.15, 0.2) is 72.0 Å². The van der Waals surface area contributed by atoms with Crippen molar-refractivity contribution in [2.45, 2.75) is 39.3 Å². The zero-order valence-electron chi connectivity index (χ0n) is 17.7. The third kappa shape index (κ3) is 4.71. The number of nitrogens with zero attached hydrogens (tertiary/aromatic N) is 4. The lowest BCUT2D eigenvalue weighted by atomic mass is 10.0. The predicted octanol–water partition coefficient (Wildman–Crippen LogP) is 3.39. The van der Waals surface area contributed by atoms with Crippen molar-refractivity contribution in [3.63, 3.8) is 0 Å². The topological polar surface area (TPSA) is 81.3 Å². The van der Waals surface area contributed by atoms with Crippen LogP contribution in [-0.2, 0) is 17.9 Å². The first-order valence-corrected chi connectivity index (χ1v) is 10.4. The molecular formula is C24H25N5O2. The molecule has 1 aromatic carbocycles. The first kappa shape index (κ1) is 20.5. The summed E-state index contributed by atoms with van der Waals surface area (Å²) in [4.78, 5) is 29.1. The molecule has 0 bridgehead atoms. The molecule has 0 radical (unpaired) electrons. The first-order chi connectivity index (χ1) is 15.0. The van der Waals surface area contributed by atoms with E-state index in [4.69, 9.17) is 0 Å². The van der Waals surface area contributed by atoms with Crippen LogP contribution in [0.25, 0.3) is 16.8 Å². The lowest BCUT2D eigenvalue weighted by molar-refractivity contribution is -0.121. The molecule has 7 heteroatoms. The van der Waals surface area contributed by atoms with Crippen molar-refractivity contribution in [3.8, 4) is 11.3 Å². The smallest absolute Gasteiger partial charge is 0.276 e. The Morgan fingerprint density at radius 1 is 1.13 bits per heavy atom. The summed E-state index contributed by atoms with van der Waals surface area (Å²) in [5, 5.41) is 7.39. The summed E-state index contributed by atoms with van der Waals surface area (Å²) in [6, 6.07) is 13.8. The van der Waals surface area contributed by atoms with Gasteiger partial charge < -0.3 is 9.88 Å². The van der Waals surface area contributed by atoms with Gasteiger partial charge in [0.1, 0.15) is 5.52 Å². The molecule has 0 spiro atoms. The summed E-state index contributed by atoms with van der Waals surface area (Å²) in [7, 11) is 0. The van der Waals surface area contributed by atoms with Gasteiger partial charge >= 0.3 is 0 Å². The standard InChI is InChI=1S/C24H25N5O2/c1-17(2)19-5-7-20(8-6-19)21-14-22-24(31)28(12-13-29(22)27-21)11-9-23(30)26-16-18-4-3-10-25-15-18/h3-8,10,12-15,17H,9,11,16H2,1-2H3,(H,26,30). The summed E-state index contributed by atoms with van der Waals surface area (Å²) < 4.78 is 3.14. The molecule has 0 fully saturated rings. The summed E-state index contributed by atoms with van der Waals surface area (Å²) in [6.45, 7) is 5.03. The third-order valence-corrected chi connectivity index (χ3v) is 5.27. The molecule has 0 aliphatic carbocycles. The Kier molecular flexibility index (Phi) is 5.93. The number of aromatic nitrogens is 4. The Balaban J connectivity index is 1.45. The molecule has 0 unspecified atom stereocenters. The van der Waals surface area contributed by atoms with Gasteiger partial charge in [-0.3, -0.25) is 14.6 Å². The molecule has 158 valence electrons. The molecule has 0 saturated heterocycles. The summed E-state index contributed by atoms with van der Waals surface area (Å²) in [6.07, 6.45) is 7.04. The second kappa shape index (κ2) is 8.95. The number of fused-ring (bicyclic) bond motifs is 1. The Labute approximate surface area is 180 Å². The van der Waals surface area contributed by atoms with E-state index in [9.17, 15) is 9.59 Å². The highest BCUT2D eigenvalue weighted by Gasteiger charge is 2.11. The SMILES string of the molecule is CC(C)c1ccc(-c2cc3c(=O)n(CCC(=O)NCc4cccnc4)ccn3n2)cc1. The van der Waals surface area contributed by atoms with E-state index in [1.165, 1.54) is 5.56 Å². The zero-order chi connectivity index (χ0) is 21.8. The number of aryl methyl sites for hydroxylation is 1. The van der Waals surface area contributed by atoms with E-state index in [-0.39, 0.29) is 17.9 Å². The van der Waals surface area contributed by atoms with E-state index in [0.29, 0.717) is 24.5 Å². The van der Waals surface area contributed by atoms with Crippen LogP contribution in [0, 0.1) is 0 Å². The minimum atomic E-state index is -0.167. The maximum Gasteiger partial charge on any atom is 0.276 e. The molecular weight excluding hydrogens is 390 g/mol. The number of nitrogens with one attached hydrogen (secondary N) is 1. The van der Waals surface area contributed by atoms with E-state index in [2.05, 4.69) is 41.4 Å². The first-order valence-electron chi connectivity index (χ1n) is 10.4. The average Bonchev–Trinajstić information content (AvgIpc) is 3.23. The molecule has 3 aromatic heterocycles. The normalized spacial score (nSPS) is 11.2. The number of rotatable bonds is 7. The molecule has 0 saturated carbocycles. The Hall–Kier alpha value is -3.74. The van der Waals surface area contributed by atoms with Crippen LogP contribution in [0.1, 0.15) is 37.3 Å². The van der Waals surface area contributed by atoms with Crippen LogP contribution >= 0.6 is 0 Å². The van der Waals surface area contributed by atoms with Gasteiger partial charge in [-0.2, -0.15) is 5.10 Å². The van der Waals surface area contributed by atoms with Gasteiger partial charge in [-0.05, 0) is 29.2 Å². The maximum absolute atomic E-state index is 12.9. The fourth-order valence-corrected chi connectivity index (χ4v) is 3.40. The van der Waals surface area contributed by atoms with Crippen molar-refractivity contribution in [2.75, 3.05) is 0 Å². The van der Waals surface area contributed by atoms with Gasteiger partial charge in [-0.1, -0.05) is 44.2 Å². The quantitative estimate of drug-likeness (QED) is 0.502. The fourth-order valence-electron chi connectivity index (χ4n) is 3.40. The molecule has 31 heavy (non-hydrogen) atoms. The second-order valence-corrected chi connectivity index (χ2v) is 7.82. The van der Waals surface area contributed by atoms with Crippen LogP contribution in [0.5, 0.6) is 0 Å². The minimum absolute atomic E-state index is 0.116. The van der Waals surface area contributed by atoms with Crippen molar-refractivity contribution in [1.29, 1.82) is 0 Å². The molecule has 1 N–H and O–H groups in total. The van der Waals surface area contributed by atoms with Crippen molar-refractivity contribution >= 4 is 11.4 Å². The largest absolute Gasteiger partial charge is 0.352 e. The number of hydrogen-bond acceptors (Lipinski definition) is 4. The predicted molar refractivity (Wildman–Crippen MR) is 120 cm³/mol. The van der Waals surface area contributed by atoms with Gasteiger partial charge in [0.2, 0.25) is 5.91 Å². The van der Waals surface area contributed by atoms with E-state index < -0.39 is 0 Å². The monoisotopic (exact) mass is 415 g/mol. The van der Waals surface area contributed by atoms with Gasteiger partial charge in [-0.25, -0.2) is 4.52 Å².